The van der Waals surface area contributed by atoms with Gasteiger partial charge in [0.2, 0.25) is 0 Å². The molecule has 0 atom stereocenters. The van der Waals surface area contributed by atoms with E-state index in [9.17, 15) is 21.6 Å². The average molecular weight is 303 g/mol. The van der Waals surface area contributed by atoms with E-state index in [1.165, 1.54) is 4.72 Å². The molecule has 0 unspecified atom stereocenters. The molecule has 1 saturated heterocycles. The van der Waals surface area contributed by atoms with Crippen LogP contribution >= 0.6 is 0 Å². The second-order valence-electron chi connectivity index (χ2n) is 4.14. The first-order valence-corrected chi connectivity index (χ1v) is 6.91. The lowest BCUT2D eigenvalue weighted by atomic mass is 10.3. The summed E-state index contributed by atoms with van der Waals surface area (Å²) in [6, 6.07) is 0. The second kappa shape index (κ2) is 6.03. The molecule has 1 heterocycles. The van der Waals surface area contributed by atoms with Gasteiger partial charge in [0.25, 0.3) is 10.2 Å². The van der Waals surface area contributed by atoms with Crippen LogP contribution in [0.4, 0.5) is 13.2 Å². The summed E-state index contributed by atoms with van der Waals surface area (Å²) < 4.78 is 61.5. The molecule has 1 fully saturated rings. The van der Waals surface area contributed by atoms with Gasteiger partial charge in [-0.1, -0.05) is 0 Å². The van der Waals surface area contributed by atoms with Crippen molar-refractivity contribution in [2.75, 3.05) is 39.3 Å². The molecule has 0 aromatic carbocycles. The number of hydrogen-bond donors (Lipinski definition) is 3. The lowest BCUT2D eigenvalue weighted by molar-refractivity contribution is -0.121. The van der Waals surface area contributed by atoms with Crippen molar-refractivity contribution in [2.45, 2.75) is 6.18 Å². The number of amidine groups is 1. The first kappa shape index (κ1) is 16.1. The fraction of sp³-hybridized carbons (Fsp3) is 0.875. The Balaban J connectivity index is 2.47. The zero-order chi connectivity index (χ0) is 14.7. The Morgan fingerprint density at radius 3 is 2.21 bits per heavy atom. The highest BCUT2D eigenvalue weighted by Crippen LogP contribution is 2.14. The molecule has 0 saturated carbocycles. The van der Waals surface area contributed by atoms with Gasteiger partial charge >= 0.3 is 6.18 Å². The Morgan fingerprint density at radius 1 is 1.26 bits per heavy atom. The van der Waals surface area contributed by atoms with Gasteiger partial charge in [0.1, 0.15) is 12.4 Å². The van der Waals surface area contributed by atoms with E-state index in [4.69, 9.17) is 11.1 Å². The molecule has 0 aromatic heterocycles. The summed E-state index contributed by atoms with van der Waals surface area (Å²) in [6.45, 7) is -0.563. The van der Waals surface area contributed by atoms with Crippen molar-refractivity contribution in [1.29, 1.82) is 5.41 Å². The summed E-state index contributed by atoms with van der Waals surface area (Å²) in [5, 5.41) is 7.11. The van der Waals surface area contributed by atoms with Gasteiger partial charge in [0, 0.05) is 26.2 Å². The number of nitrogens with zero attached hydrogens (tertiary/aromatic N) is 2. The largest absolute Gasteiger partial charge is 0.402 e. The first-order valence-electron chi connectivity index (χ1n) is 5.47. The molecule has 7 nitrogen and oxygen atoms in total. The molecular formula is C8H16F3N5O2S. The van der Waals surface area contributed by atoms with Gasteiger partial charge in [-0.15, -0.1) is 0 Å². The number of halogens is 3. The van der Waals surface area contributed by atoms with Crippen molar-refractivity contribution in [3.05, 3.63) is 0 Å². The summed E-state index contributed by atoms with van der Waals surface area (Å²) in [5.74, 6) is -0.0356. The Kier molecular flexibility index (Phi) is 5.12. The molecular weight excluding hydrogens is 287 g/mol. The maximum absolute atomic E-state index is 12.0. The van der Waals surface area contributed by atoms with E-state index in [2.05, 4.69) is 0 Å². The van der Waals surface area contributed by atoms with Gasteiger partial charge in [-0.3, -0.25) is 10.3 Å². The molecule has 4 N–H and O–H groups in total. The van der Waals surface area contributed by atoms with Crippen LogP contribution in [0.25, 0.3) is 0 Å². The predicted molar refractivity (Wildman–Crippen MR) is 62.9 cm³/mol. The lowest BCUT2D eigenvalue weighted by Crippen LogP contribution is -2.54. The normalized spacial score (nSPS) is 19.5. The number of rotatable bonds is 5. The SMILES string of the molecule is N=C(N)CN1CCN(S(=O)(=O)NCC(F)(F)F)CC1. The number of alkyl halides is 3. The summed E-state index contributed by atoms with van der Waals surface area (Å²) >= 11 is 0. The van der Waals surface area contributed by atoms with Crippen LogP contribution in [0.15, 0.2) is 0 Å². The smallest absolute Gasteiger partial charge is 0.387 e. The van der Waals surface area contributed by atoms with E-state index in [0.717, 1.165) is 4.31 Å². The van der Waals surface area contributed by atoms with Crippen LogP contribution in [-0.4, -0.2) is 68.9 Å². The van der Waals surface area contributed by atoms with Crippen LogP contribution in [0.1, 0.15) is 0 Å². The van der Waals surface area contributed by atoms with Gasteiger partial charge in [0.05, 0.1) is 6.54 Å². The fourth-order valence-corrected chi connectivity index (χ4v) is 2.81. The Labute approximate surface area is 109 Å². The van der Waals surface area contributed by atoms with Crippen LogP contribution in [0.3, 0.4) is 0 Å². The number of hydrogen-bond acceptors (Lipinski definition) is 4. The highest BCUT2D eigenvalue weighted by Gasteiger charge is 2.33. The fourth-order valence-electron chi connectivity index (χ4n) is 1.63. The van der Waals surface area contributed by atoms with E-state index in [1.54, 1.807) is 4.90 Å². The van der Waals surface area contributed by atoms with Crippen molar-refractivity contribution in [2.24, 2.45) is 5.73 Å². The molecule has 1 rings (SSSR count). The number of piperazine rings is 1. The van der Waals surface area contributed by atoms with Gasteiger partial charge in [-0.2, -0.15) is 30.6 Å². The maximum Gasteiger partial charge on any atom is 0.402 e. The summed E-state index contributed by atoms with van der Waals surface area (Å²) in [5.41, 5.74) is 5.21. The molecule has 112 valence electrons. The minimum Gasteiger partial charge on any atom is -0.387 e. The summed E-state index contributed by atoms with van der Waals surface area (Å²) in [7, 11) is -4.12. The molecule has 1 aliphatic heterocycles. The second-order valence-corrected chi connectivity index (χ2v) is 5.90. The van der Waals surface area contributed by atoms with Gasteiger partial charge in [0.15, 0.2) is 0 Å². The number of nitrogens with one attached hydrogen (secondary N) is 2. The van der Waals surface area contributed by atoms with Crippen LogP contribution in [0.2, 0.25) is 0 Å². The Morgan fingerprint density at radius 2 is 1.79 bits per heavy atom. The molecule has 1 aliphatic rings. The third-order valence-corrected chi connectivity index (χ3v) is 4.07. The van der Waals surface area contributed by atoms with Gasteiger partial charge in [-0.05, 0) is 0 Å². The van der Waals surface area contributed by atoms with Crippen molar-refractivity contribution in [1.82, 2.24) is 13.9 Å². The van der Waals surface area contributed by atoms with Crippen molar-refractivity contribution in [3.8, 4) is 0 Å². The van der Waals surface area contributed by atoms with Crippen LogP contribution in [0, 0.1) is 5.41 Å². The number of nitrogens with two attached hydrogens (primary N) is 1. The standard InChI is InChI=1S/C8H16F3N5O2S/c9-8(10,11)6-14-19(17,18)16-3-1-15(2-4-16)5-7(12)13/h14H,1-6H2,(H3,12,13). The average Bonchev–Trinajstić information content (AvgIpc) is 2.26. The molecule has 11 heteroatoms. The van der Waals surface area contributed by atoms with Crippen molar-refractivity contribution >= 4 is 16.0 Å². The molecule has 0 spiro atoms. The minimum atomic E-state index is -4.58. The zero-order valence-corrected chi connectivity index (χ0v) is 10.9. The van der Waals surface area contributed by atoms with Gasteiger partial charge < -0.3 is 5.73 Å². The van der Waals surface area contributed by atoms with Crippen molar-refractivity contribution < 1.29 is 21.6 Å². The van der Waals surface area contributed by atoms with Gasteiger partial charge in [-0.25, -0.2) is 0 Å². The van der Waals surface area contributed by atoms with Crippen LogP contribution < -0.4 is 10.5 Å². The summed E-state index contributed by atoms with van der Waals surface area (Å²) in [4.78, 5) is 1.76. The zero-order valence-electron chi connectivity index (χ0n) is 10.1. The van der Waals surface area contributed by atoms with E-state index in [0.29, 0.717) is 13.1 Å². The molecule has 0 aliphatic carbocycles. The highest BCUT2D eigenvalue weighted by atomic mass is 32.2. The third kappa shape index (κ3) is 5.72. The minimum absolute atomic E-state index is 0.0356. The molecule has 0 radical (unpaired) electrons. The van der Waals surface area contributed by atoms with Crippen LogP contribution in [0.5, 0.6) is 0 Å². The first-order chi connectivity index (χ1) is 8.60. The molecule has 0 amide bonds. The quantitative estimate of drug-likeness (QED) is 0.445. The maximum atomic E-state index is 12.0. The highest BCUT2D eigenvalue weighted by molar-refractivity contribution is 7.87. The lowest BCUT2D eigenvalue weighted by Gasteiger charge is -2.33. The van der Waals surface area contributed by atoms with E-state index < -0.39 is 22.9 Å². The van der Waals surface area contributed by atoms with Crippen molar-refractivity contribution in [3.63, 3.8) is 0 Å². The predicted octanol–water partition coefficient (Wildman–Crippen LogP) is -1.06. The van der Waals surface area contributed by atoms with E-state index >= 15 is 0 Å². The van der Waals surface area contributed by atoms with E-state index in [1.807, 2.05) is 0 Å². The monoisotopic (exact) mass is 303 g/mol. The molecule has 0 aromatic rings. The topological polar surface area (TPSA) is 103 Å². The summed E-state index contributed by atoms with van der Waals surface area (Å²) in [6.07, 6.45) is -4.58. The third-order valence-electron chi connectivity index (χ3n) is 2.52. The Hall–Kier alpha value is -0.910. The van der Waals surface area contributed by atoms with E-state index in [-0.39, 0.29) is 25.5 Å². The molecule has 19 heavy (non-hydrogen) atoms. The Bertz CT molecular complexity index is 417. The molecule has 0 bridgehead atoms. The van der Waals surface area contributed by atoms with Crippen LogP contribution in [-0.2, 0) is 10.2 Å².